The molecule has 7 heteroatoms. The Morgan fingerprint density at radius 2 is 2.26 bits per heavy atom. The monoisotopic (exact) mass is 329 g/mol. The van der Waals surface area contributed by atoms with Crippen LogP contribution in [0.25, 0.3) is 11.4 Å². The lowest BCUT2D eigenvalue weighted by Crippen LogP contribution is -2.19. The van der Waals surface area contributed by atoms with Crippen molar-refractivity contribution in [3.8, 4) is 17.1 Å². The minimum absolute atomic E-state index is 0.234. The van der Waals surface area contributed by atoms with Crippen LogP contribution in [0.5, 0.6) is 5.75 Å². The van der Waals surface area contributed by atoms with E-state index in [-0.39, 0.29) is 6.04 Å². The van der Waals surface area contributed by atoms with Crippen LogP contribution in [0.2, 0.25) is 0 Å². The van der Waals surface area contributed by atoms with E-state index in [4.69, 9.17) is 4.74 Å². The summed E-state index contributed by atoms with van der Waals surface area (Å²) in [6.07, 6.45) is 4.36. The van der Waals surface area contributed by atoms with Crippen molar-refractivity contribution < 1.29 is 4.74 Å². The summed E-state index contributed by atoms with van der Waals surface area (Å²) in [5.74, 6) is 1.22. The zero-order valence-electron chi connectivity index (χ0n) is 13.4. The molecule has 3 aromatic heterocycles. The maximum Gasteiger partial charge on any atom is 0.223 e. The normalized spacial score (nSPS) is 12.1. The lowest BCUT2D eigenvalue weighted by atomic mass is 10.1. The van der Waals surface area contributed by atoms with Gasteiger partial charge < -0.3 is 10.1 Å². The number of nitrogens with one attached hydrogen (secondary N) is 1. The third kappa shape index (κ3) is 3.50. The Morgan fingerprint density at radius 1 is 1.39 bits per heavy atom. The summed E-state index contributed by atoms with van der Waals surface area (Å²) in [4.78, 5) is 8.96. The summed E-state index contributed by atoms with van der Waals surface area (Å²) in [6, 6.07) is 4.28. The van der Waals surface area contributed by atoms with Crippen LogP contribution in [-0.4, -0.2) is 32.9 Å². The van der Waals surface area contributed by atoms with Gasteiger partial charge >= 0.3 is 0 Å². The number of nitrogens with zero attached hydrogens (tertiary/aromatic N) is 4. The summed E-state index contributed by atoms with van der Waals surface area (Å²) in [6.45, 7) is 2.12. The van der Waals surface area contributed by atoms with Crippen LogP contribution in [0.15, 0.2) is 35.3 Å². The third-order valence-electron chi connectivity index (χ3n) is 3.54. The van der Waals surface area contributed by atoms with Gasteiger partial charge in [-0.2, -0.15) is 16.4 Å². The highest BCUT2D eigenvalue weighted by atomic mass is 32.1. The fourth-order valence-electron chi connectivity index (χ4n) is 2.41. The molecule has 0 bridgehead atoms. The van der Waals surface area contributed by atoms with Crippen molar-refractivity contribution in [2.75, 3.05) is 12.4 Å². The second-order valence-corrected chi connectivity index (χ2v) is 6.11. The molecule has 3 heterocycles. The second kappa shape index (κ2) is 6.78. The minimum atomic E-state index is 0.234. The van der Waals surface area contributed by atoms with Crippen molar-refractivity contribution in [1.29, 1.82) is 0 Å². The van der Waals surface area contributed by atoms with Crippen molar-refractivity contribution in [3.05, 3.63) is 40.8 Å². The minimum Gasteiger partial charge on any atom is -0.493 e. The SMILES string of the molecule is COc1cnc(NC(C)Cc2ccsc2)nc1-c1ccnn1C. The van der Waals surface area contributed by atoms with Crippen LogP contribution in [0.1, 0.15) is 12.5 Å². The maximum atomic E-state index is 5.38. The van der Waals surface area contributed by atoms with E-state index >= 15 is 0 Å². The van der Waals surface area contributed by atoms with E-state index in [0.29, 0.717) is 11.7 Å². The summed E-state index contributed by atoms with van der Waals surface area (Å²) in [5.41, 5.74) is 2.93. The smallest absolute Gasteiger partial charge is 0.223 e. The van der Waals surface area contributed by atoms with Crippen molar-refractivity contribution >= 4 is 17.3 Å². The molecule has 3 aromatic rings. The van der Waals surface area contributed by atoms with Gasteiger partial charge in [0.15, 0.2) is 5.75 Å². The Labute approximate surface area is 139 Å². The van der Waals surface area contributed by atoms with E-state index in [1.54, 1.807) is 35.5 Å². The van der Waals surface area contributed by atoms with E-state index in [2.05, 4.69) is 44.1 Å². The standard InChI is InChI=1S/C16H19N5OS/c1-11(8-12-5-7-23-10-12)19-16-17-9-14(22-3)15(20-16)13-4-6-18-21(13)2/h4-7,9-11H,8H2,1-3H3,(H,17,19,20). The second-order valence-electron chi connectivity index (χ2n) is 5.33. The molecule has 0 spiro atoms. The van der Waals surface area contributed by atoms with Gasteiger partial charge in [-0.05, 0) is 41.8 Å². The van der Waals surface area contributed by atoms with Gasteiger partial charge in [-0.15, -0.1) is 0 Å². The number of methoxy groups -OCH3 is 1. The zero-order valence-corrected chi connectivity index (χ0v) is 14.2. The Bertz CT molecular complexity index is 769. The molecule has 0 saturated carbocycles. The van der Waals surface area contributed by atoms with Gasteiger partial charge in [-0.1, -0.05) is 0 Å². The first kappa shape index (κ1) is 15.5. The van der Waals surface area contributed by atoms with Crippen molar-refractivity contribution in [1.82, 2.24) is 19.7 Å². The lowest BCUT2D eigenvalue weighted by Gasteiger charge is -2.15. The molecular formula is C16H19N5OS. The molecule has 1 atom stereocenters. The van der Waals surface area contributed by atoms with Crippen molar-refractivity contribution in [2.24, 2.45) is 7.05 Å². The van der Waals surface area contributed by atoms with Gasteiger partial charge in [0.1, 0.15) is 5.69 Å². The molecule has 0 aliphatic carbocycles. The van der Waals surface area contributed by atoms with Crippen LogP contribution >= 0.6 is 11.3 Å². The molecular weight excluding hydrogens is 310 g/mol. The number of ether oxygens (including phenoxy) is 1. The molecule has 0 aliphatic heterocycles. The average molecular weight is 329 g/mol. The summed E-state index contributed by atoms with van der Waals surface area (Å²) < 4.78 is 7.14. The molecule has 0 amide bonds. The fourth-order valence-corrected chi connectivity index (χ4v) is 3.09. The zero-order chi connectivity index (χ0) is 16.2. The third-order valence-corrected chi connectivity index (χ3v) is 4.27. The number of aryl methyl sites for hydroxylation is 1. The van der Waals surface area contributed by atoms with Gasteiger partial charge in [0.05, 0.1) is 19.0 Å². The lowest BCUT2D eigenvalue weighted by molar-refractivity contribution is 0.412. The highest BCUT2D eigenvalue weighted by Gasteiger charge is 2.14. The molecule has 120 valence electrons. The molecule has 0 saturated heterocycles. The van der Waals surface area contributed by atoms with Crippen molar-refractivity contribution in [3.63, 3.8) is 0 Å². The topological polar surface area (TPSA) is 64.9 Å². The van der Waals surface area contributed by atoms with E-state index in [1.807, 2.05) is 13.1 Å². The van der Waals surface area contributed by atoms with Gasteiger partial charge in [-0.3, -0.25) is 4.68 Å². The van der Waals surface area contributed by atoms with Crippen LogP contribution in [-0.2, 0) is 13.5 Å². The van der Waals surface area contributed by atoms with E-state index < -0.39 is 0 Å². The van der Waals surface area contributed by atoms with Crippen LogP contribution < -0.4 is 10.1 Å². The molecule has 23 heavy (non-hydrogen) atoms. The maximum absolute atomic E-state index is 5.38. The van der Waals surface area contributed by atoms with Gasteiger partial charge in [0.2, 0.25) is 5.95 Å². The number of hydrogen-bond acceptors (Lipinski definition) is 6. The highest BCUT2D eigenvalue weighted by Crippen LogP contribution is 2.27. The first-order valence-electron chi connectivity index (χ1n) is 7.34. The molecule has 1 unspecified atom stereocenters. The number of hydrogen-bond donors (Lipinski definition) is 1. The number of rotatable bonds is 6. The molecule has 6 nitrogen and oxygen atoms in total. The Morgan fingerprint density at radius 3 is 2.91 bits per heavy atom. The van der Waals surface area contributed by atoms with E-state index in [9.17, 15) is 0 Å². The molecule has 1 N–H and O–H groups in total. The first-order chi connectivity index (χ1) is 11.2. The predicted molar refractivity (Wildman–Crippen MR) is 91.9 cm³/mol. The molecule has 0 aliphatic rings. The molecule has 0 aromatic carbocycles. The quantitative estimate of drug-likeness (QED) is 0.753. The molecule has 0 radical (unpaired) electrons. The largest absolute Gasteiger partial charge is 0.493 e. The Kier molecular flexibility index (Phi) is 4.57. The first-order valence-corrected chi connectivity index (χ1v) is 8.28. The molecule has 3 rings (SSSR count). The Balaban J connectivity index is 1.82. The summed E-state index contributed by atoms with van der Waals surface area (Å²) in [7, 11) is 3.49. The van der Waals surface area contributed by atoms with Crippen molar-refractivity contribution in [2.45, 2.75) is 19.4 Å². The van der Waals surface area contributed by atoms with Crippen LogP contribution in [0.3, 0.4) is 0 Å². The summed E-state index contributed by atoms with van der Waals surface area (Å²) in [5, 5.41) is 11.8. The highest BCUT2D eigenvalue weighted by molar-refractivity contribution is 7.07. The summed E-state index contributed by atoms with van der Waals surface area (Å²) >= 11 is 1.71. The van der Waals surface area contributed by atoms with Gasteiger partial charge in [0.25, 0.3) is 0 Å². The van der Waals surface area contributed by atoms with E-state index in [1.165, 1.54) is 5.56 Å². The van der Waals surface area contributed by atoms with Crippen LogP contribution in [0.4, 0.5) is 5.95 Å². The number of anilines is 1. The van der Waals surface area contributed by atoms with Crippen LogP contribution in [0, 0.1) is 0 Å². The van der Waals surface area contributed by atoms with E-state index in [0.717, 1.165) is 17.8 Å². The number of thiophene rings is 1. The number of aromatic nitrogens is 4. The predicted octanol–water partition coefficient (Wildman–Crippen LogP) is 2.99. The average Bonchev–Trinajstić information content (AvgIpc) is 3.18. The Hall–Kier alpha value is -2.41. The van der Waals surface area contributed by atoms with Gasteiger partial charge in [0, 0.05) is 19.3 Å². The van der Waals surface area contributed by atoms with Gasteiger partial charge in [-0.25, -0.2) is 9.97 Å². The molecule has 0 fully saturated rings. The fraction of sp³-hybridized carbons (Fsp3) is 0.312.